The predicted molar refractivity (Wildman–Crippen MR) is 127 cm³/mol. The first-order valence-corrected chi connectivity index (χ1v) is 11.0. The van der Waals surface area contributed by atoms with Crippen molar-refractivity contribution >= 4 is 73.8 Å². The Labute approximate surface area is 196 Å². The van der Waals surface area contributed by atoms with Gasteiger partial charge in [0.1, 0.15) is 16.6 Å². The van der Waals surface area contributed by atoms with Gasteiger partial charge in [-0.3, -0.25) is 19.3 Å². The van der Waals surface area contributed by atoms with Gasteiger partial charge in [-0.2, -0.15) is 0 Å². The Balaban J connectivity index is 1.73. The van der Waals surface area contributed by atoms with Crippen molar-refractivity contribution in [1.29, 1.82) is 0 Å². The van der Waals surface area contributed by atoms with E-state index in [2.05, 4.69) is 21.2 Å². The highest BCUT2D eigenvalue weighted by atomic mass is 79.9. The second-order valence-corrected chi connectivity index (χ2v) is 9.14. The van der Waals surface area contributed by atoms with Crippen molar-refractivity contribution in [3.8, 4) is 5.75 Å². The molecule has 1 heterocycles. The summed E-state index contributed by atoms with van der Waals surface area (Å²) in [6.07, 6.45) is 1.57. The van der Waals surface area contributed by atoms with Crippen LogP contribution in [0.4, 0.5) is 5.69 Å². The van der Waals surface area contributed by atoms with Gasteiger partial charge >= 0.3 is 5.97 Å². The van der Waals surface area contributed by atoms with Crippen LogP contribution in [-0.4, -0.2) is 45.3 Å². The first kappa shape index (κ1) is 23.0. The molecule has 0 bridgehead atoms. The van der Waals surface area contributed by atoms with E-state index >= 15 is 0 Å². The lowest BCUT2D eigenvalue weighted by molar-refractivity contribution is -0.140. The fourth-order valence-corrected chi connectivity index (χ4v) is 4.28. The van der Waals surface area contributed by atoms with Gasteiger partial charge in [-0.05, 0) is 43.3 Å². The summed E-state index contributed by atoms with van der Waals surface area (Å²) < 4.78 is 6.60. The normalized spacial score (nSPS) is 14.8. The van der Waals surface area contributed by atoms with Crippen LogP contribution in [0, 0.1) is 6.92 Å². The summed E-state index contributed by atoms with van der Waals surface area (Å²) in [5.74, 6) is -1.57. The van der Waals surface area contributed by atoms with Gasteiger partial charge in [0.25, 0.3) is 11.8 Å². The molecule has 2 amide bonds. The molecule has 3 rings (SSSR count). The molecule has 0 aliphatic carbocycles. The number of carboxylic acids is 1. The van der Waals surface area contributed by atoms with Crippen molar-refractivity contribution in [2.45, 2.75) is 6.92 Å². The highest BCUT2D eigenvalue weighted by Crippen LogP contribution is 2.35. The van der Waals surface area contributed by atoms with Crippen molar-refractivity contribution in [2.24, 2.45) is 0 Å². The van der Waals surface area contributed by atoms with Crippen molar-refractivity contribution in [3.05, 3.63) is 63.0 Å². The molecule has 2 aromatic rings. The number of carbonyl (C=O) groups excluding carboxylic acids is 2. The van der Waals surface area contributed by atoms with Crippen LogP contribution in [-0.2, 0) is 14.4 Å². The van der Waals surface area contributed by atoms with Crippen molar-refractivity contribution in [2.75, 3.05) is 18.5 Å². The lowest BCUT2D eigenvalue weighted by atomic mass is 10.2. The van der Waals surface area contributed by atoms with E-state index in [1.54, 1.807) is 36.4 Å². The third-order valence-corrected chi connectivity index (χ3v) is 5.99. The number of ether oxygens (including phenoxy) is 1. The Morgan fingerprint density at radius 2 is 1.97 bits per heavy atom. The molecule has 160 valence electrons. The summed E-state index contributed by atoms with van der Waals surface area (Å²) >= 11 is 9.51. The maximum absolute atomic E-state index is 12.5. The monoisotopic (exact) mass is 520 g/mol. The maximum atomic E-state index is 12.5. The first-order chi connectivity index (χ1) is 14.7. The predicted octanol–water partition coefficient (Wildman–Crippen LogP) is 4.06. The van der Waals surface area contributed by atoms with Gasteiger partial charge in [0.05, 0.1) is 4.91 Å². The summed E-state index contributed by atoms with van der Waals surface area (Å²) in [6.45, 7) is 1.23. The van der Waals surface area contributed by atoms with Crippen LogP contribution in [0.3, 0.4) is 0 Å². The van der Waals surface area contributed by atoms with E-state index in [0.717, 1.165) is 26.7 Å². The largest absolute Gasteiger partial charge is 0.483 e. The lowest BCUT2D eigenvalue weighted by Crippen LogP contribution is -2.33. The quantitative estimate of drug-likeness (QED) is 0.419. The summed E-state index contributed by atoms with van der Waals surface area (Å²) in [7, 11) is 0. The van der Waals surface area contributed by atoms with E-state index in [0.29, 0.717) is 17.0 Å². The van der Waals surface area contributed by atoms with Crippen molar-refractivity contribution in [3.63, 3.8) is 0 Å². The number of aliphatic carboxylic acids is 1. The average Bonchev–Trinajstić information content (AvgIpc) is 2.96. The fraction of sp³-hybridized carbons (Fsp3) is 0.143. The second kappa shape index (κ2) is 10.1. The van der Waals surface area contributed by atoms with Crippen LogP contribution < -0.4 is 10.1 Å². The van der Waals surface area contributed by atoms with Gasteiger partial charge in [-0.15, -0.1) is 0 Å². The number of nitrogens with zero attached hydrogens (tertiary/aromatic N) is 1. The summed E-state index contributed by atoms with van der Waals surface area (Å²) in [5, 5.41) is 11.7. The standard InChI is InChI=1S/C21H17BrN2O5S2/c1-12-2-5-15(6-3-12)23-18(25)11-29-16-7-4-14(22)8-13(16)9-17-20(28)24(10-19(26)27)21(30)31-17/h2-9H,10-11H2,1H3,(H,23,25)(H,26,27)/b17-9-. The number of amides is 2. The number of rotatable bonds is 7. The number of hydrogen-bond acceptors (Lipinski definition) is 6. The Morgan fingerprint density at radius 1 is 1.26 bits per heavy atom. The Kier molecular flexibility index (Phi) is 7.47. The molecule has 31 heavy (non-hydrogen) atoms. The van der Waals surface area contributed by atoms with Crippen LogP contribution in [0.2, 0.25) is 0 Å². The molecule has 1 saturated heterocycles. The third-order valence-electron chi connectivity index (χ3n) is 4.12. The minimum atomic E-state index is -1.15. The van der Waals surface area contributed by atoms with Gasteiger partial charge in [-0.25, -0.2) is 0 Å². The summed E-state index contributed by atoms with van der Waals surface area (Å²) in [4.78, 5) is 37.0. The van der Waals surface area contributed by atoms with E-state index in [1.165, 1.54) is 0 Å². The van der Waals surface area contributed by atoms with Gasteiger partial charge in [-0.1, -0.05) is 57.6 Å². The van der Waals surface area contributed by atoms with E-state index in [4.69, 9.17) is 22.1 Å². The van der Waals surface area contributed by atoms with Crippen LogP contribution in [0.15, 0.2) is 51.8 Å². The number of benzene rings is 2. The van der Waals surface area contributed by atoms with Gasteiger partial charge in [0.15, 0.2) is 6.61 Å². The number of aryl methyl sites for hydroxylation is 1. The highest BCUT2D eigenvalue weighted by molar-refractivity contribution is 9.10. The minimum Gasteiger partial charge on any atom is -0.483 e. The van der Waals surface area contributed by atoms with E-state index in [9.17, 15) is 14.4 Å². The van der Waals surface area contributed by atoms with Crippen molar-refractivity contribution in [1.82, 2.24) is 4.90 Å². The molecule has 0 atom stereocenters. The fourth-order valence-electron chi connectivity index (χ4n) is 2.65. The zero-order valence-electron chi connectivity index (χ0n) is 16.3. The van der Waals surface area contributed by atoms with E-state index < -0.39 is 18.4 Å². The Bertz CT molecular complexity index is 1090. The van der Waals surface area contributed by atoms with Gasteiger partial charge < -0.3 is 15.2 Å². The molecular formula is C21H17BrN2O5S2. The maximum Gasteiger partial charge on any atom is 0.323 e. The number of hydrogen-bond donors (Lipinski definition) is 2. The number of anilines is 1. The molecule has 0 unspecified atom stereocenters. The Hall–Kier alpha value is -2.69. The van der Waals surface area contributed by atoms with Crippen LogP contribution in [0.25, 0.3) is 6.08 Å². The number of thiocarbonyl (C=S) groups is 1. The topological polar surface area (TPSA) is 95.9 Å². The number of carbonyl (C=O) groups is 3. The number of carboxylic acid groups (broad SMARTS) is 1. The Morgan fingerprint density at radius 3 is 2.65 bits per heavy atom. The molecule has 0 radical (unpaired) electrons. The average molecular weight is 521 g/mol. The van der Waals surface area contributed by atoms with Crippen LogP contribution in [0.1, 0.15) is 11.1 Å². The first-order valence-electron chi connectivity index (χ1n) is 8.99. The summed E-state index contributed by atoms with van der Waals surface area (Å²) in [5.41, 5.74) is 2.30. The zero-order valence-corrected chi connectivity index (χ0v) is 19.5. The molecule has 0 spiro atoms. The van der Waals surface area contributed by atoms with E-state index in [-0.39, 0.29) is 21.7 Å². The number of thioether (sulfide) groups is 1. The molecular weight excluding hydrogens is 504 g/mol. The van der Waals surface area contributed by atoms with Crippen LogP contribution >= 0.6 is 39.9 Å². The third kappa shape index (κ3) is 6.16. The molecule has 10 heteroatoms. The molecule has 0 aromatic heterocycles. The molecule has 0 saturated carbocycles. The molecule has 2 N–H and O–H groups in total. The minimum absolute atomic E-state index is 0.175. The highest BCUT2D eigenvalue weighted by Gasteiger charge is 2.33. The lowest BCUT2D eigenvalue weighted by Gasteiger charge is -2.11. The SMILES string of the molecule is Cc1ccc(NC(=O)COc2ccc(Br)cc2/C=C2\SC(=S)N(CC(=O)O)C2=O)cc1. The van der Waals surface area contributed by atoms with Gasteiger partial charge in [0.2, 0.25) is 0 Å². The molecule has 1 aliphatic rings. The molecule has 1 aliphatic heterocycles. The molecule has 7 nitrogen and oxygen atoms in total. The number of nitrogens with one attached hydrogen (secondary N) is 1. The smallest absolute Gasteiger partial charge is 0.323 e. The van der Waals surface area contributed by atoms with E-state index in [1.807, 2.05) is 19.1 Å². The van der Waals surface area contributed by atoms with Crippen LogP contribution in [0.5, 0.6) is 5.75 Å². The van der Waals surface area contributed by atoms with Crippen molar-refractivity contribution < 1.29 is 24.2 Å². The number of halogens is 1. The summed E-state index contributed by atoms with van der Waals surface area (Å²) in [6, 6.07) is 12.5. The second-order valence-electron chi connectivity index (χ2n) is 6.55. The van der Waals surface area contributed by atoms with Gasteiger partial charge in [0, 0.05) is 15.7 Å². The zero-order chi connectivity index (χ0) is 22.5. The molecule has 2 aromatic carbocycles. The molecule has 1 fully saturated rings.